The van der Waals surface area contributed by atoms with E-state index in [4.69, 9.17) is 11.6 Å². The first-order valence-electron chi connectivity index (χ1n) is 5.20. The maximum Gasteiger partial charge on any atom is 0.126 e. The summed E-state index contributed by atoms with van der Waals surface area (Å²) in [6.07, 6.45) is 0.768. The van der Waals surface area contributed by atoms with E-state index in [2.05, 4.69) is 4.99 Å². The highest BCUT2D eigenvalue weighted by Crippen LogP contribution is 2.24. The van der Waals surface area contributed by atoms with Gasteiger partial charge in [-0.2, -0.15) is 0 Å². The first-order chi connectivity index (χ1) is 7.61. The van der Waals surface area contributed by atoms with Crippen LogP contribution in [0.4, 0.5) is 4.39 Å². The van der Waals surface area contributed by atoms with Crippen LogP contribution in [0.3, 0.4) is 0 Å². The Kier molecular flexibility index (Phi) is 3.10. The largest absolute Gasteiger partial charge is 0.256 e. The van der Waals surface area contributed by atoms with Crippen LogP contribution < -0.4 is 0 Å². The van der Waals surface area contributed by atoms with E-state index in [0.717, 1.165) is 23.4 Å². The summed E-state index contributed by atoms with van der Waals surface area (Å²) in [5, 5.41) is 0. The Morgan fingerprint density at radius 3 is 2.69 bits per heavy atom. The summed E-state index contributed by atoms with van der Waals surface area (Å²) in [5.41, 5.74) is 4.50. The van der Waals surface area contributed by atoms with Gasteiger partial charge in [-0.25, -0.2) is 4.39 Å². The number of aliphatic imine (C=N–C) groups is 1. The van der Waals surface area contributed by atoms with Gasteiger partial charge in [-0.15, -0.1) is 11.6 Å². The molecule has 0 N–H and O–H groups in total. The molecule has 1 aromatic carbocycles. The highest BCUT2D eigenvalue weighted by molar-refractivity contribution is 6.20. The summed E-state index contributed by atoms with van der Waals surface area (Å²) in [6, 6.07) is 5.22. The molecular weight excluding hydrogens is 225 g/mol. The van der Waals surface area contributed by atoms with Crippen LogP contribution in [-0.2, 0) is 0 Å². The second kappa shape index (κ2) is 4.38. The Bertz CT molecular complexity index is 489. The van der Waals surface area contributed by atoms with Crippen molar-refractivity contribution in [1.29, 1.82) is 0 Å². The van der Waals surface area contributed by atoms with E-state index in [1.807, 2.05) is 13.0 Å². The lowest BCUT2D eigenvalue weighted by molar-refractivity contribution is 0.618. The van der Waals surface area contributed by atoms with Gasteiger partial charge in [0.15, 0.2) is 0 Å². The topological polar surface area (TPSA) is 12.4 Å². The second-order valence-corrected chi connectivity index (χ2v) is 4.33. The minimum absolute atomic E-state index is 0.183. The highest BCUT2D eigenvalue weighted by atomic mass is 35.5. The predicted molar refractivity (Wildman–Crippen MR) is 65.7 cm³/mol. The van der Waals surface area contributed by atoms with Crippen molar-refractivity contribution in [3.8, 4) is 0 Å². The molecule has 16 heavy (non-hydrogen) atoms. The van der Waals surface area contributed by atoms with E-state index in [-0.39, 0.29) is 5.82 Å². The van der Waals surface area contributed by atoms with Gasteiger partial charge in [0, 0.05) is 6.42 Å². The van der Waals surface area contributed by atoms with Crippen LogP contribution >= 0.6 is 11.6 Å². The molecule has 0 bridgehead atoms. The van der Waals surface area contributed by atoms with Gasteiger partial charge >= 0.3 is 0 Å². The van der Waals surface area contributed by atoms with Crippen LogP contribution in [0.25, 0.3) is 0 Å². The third-order valence-electron chi connectivity index (χ3n) is 2.83. The molecule has 0 atom stereocenters. The number of allylic oxidation sites excluding steroid dienone is 2. The molecule has 1 aliphatic rings. The summed E-state index contributed by atoms with van der Waals surface area (Å²) in [4.78, 5) is 4.43. The lowest BCUT2D eigenvalue weighted by Gasteiger charge is -2.03. The summed E-state index contributed by atoms with van der Waals surface area (Å²) >= 11 is 5.77. The van der Waals surface area contributed by atoms with Crippen molar-refractivity contribution in [1.82, 2.24) is 0 Å². The third-order valence-corrected chi connectivity index (χ3v) is 3.08. The molecule has 1 aromatic rings. The first-order valence-corrected chi connectivity index (χ1v) is 5.74. The number of hydrogen-bond acceptors (Lipinski definition) is 1. The Morgan fingerprint density at radius 2 is 2.12 bits per heavy atom. The zero-order valence-electron chi connectivity index (χ0n) is 9.35. The normalized spacial score (nSPS) is 15.6. The number of nitrogens with zero attached hydrogens (tertiary/aromatic N) is 1. The quantitative estimate of drug-likeness (QED) is 0.693. The Hall–Kier alpha value is -1.15. The molecule has 0 fully saturated rings. The molecule has 0 unspecified atom stereocenters. The lowest BCUT2D eigenvalue weighted by Crippen LogP contribution is -1.99. The zero-order chi connectivity index (χ0) is 11.7. The maximum atomic E-state index is 13.4. The standard InChI is InChI=1S/C13H13ClFN/c1-8-3-4-10(6-11(8)15)12-5-9(2)13(7-14)16-12/h3-4,6H,5,7H2,1-2H3. The fourth-order valence-electron chi connectivity index (χ4n) is 1.73. The molecule has 0 aromatic heterocycles. The van der Waals surface area contributed by atoms with Crippen molar-refractivity contribution in [2.45, 2.75) is 20.3 Å². The summed E-state index contributed by atoms with van der Waals surface area (Å²) in [7, 11) is 0. The molecule has 0 amide bonds. The minimum Gasteiger partial charge on any atom is -0.256 e. The molecule has 0 aliphatic carbocycles. The first kappa shape index (κ1) is 11.3. The van der Waals surface area contributed by atoms with Crippen LogP contribution in [0.15, 0.2) is 34.5 Å². The van der Waals surface area contributed by atoms with E-state index < -0.39 is 0 Å². The van der Waals surface area contributed by atoms with Gasteiger partial charge in [-0.1, -0.05) is 12.1 Å². The number of hydrogen-bond donors (Lipinski definition) is 0. The van der Waals surface area contributed by atoms with Crippen LogP contribution in [0.2, 0.25) is 0 Å². The van der Waals surface area contributed by atoms with Crippen molar-refractivity contribution in [2.24, 2.45) is 4.99 Å². The van der Waals surface area contributed by atoms with Crippen LogP contribution in [-0.4, -0.2) is 11.6 Å². The molecule has 1 heterocycles. The lowest BCUT2D eigenvalue weighted by atomic mass is 10.0. The Balaban J connectivity index is 2.32. The van der Waals surface area contributed by atoms with Crippen molar-refractivity contribution in [3.05, 3.63) is 46.4 Å². The number of halogens is 2. The fourth-order valence-corrected chi connectivity index (χ4v) is 2.02. The molecule has 1 aliphatic heterocycles. The van der Waals surface area contributed by atoms with Crippen molar-refractivity contribution in [2.75, 3.05) is 5.88 Å². The Morgan fingerprint density at radius 1 is 1.38 bits per heavy atom. The molecule has 84 valence electrons. The molecular formula is C13H13ClFN. The molecule has 3 heteroatoms. The van der Waals surface area contributed by atoms with Gasteiger partial charge in [-0.05, 0) is 36.6 Å². The zero-order valence-corrected chi connectivity index (χ0v) is 10.1. The van der Waals surface area contributed by atoms with Crippen molar-refractivity contribution >= 4 is 17.3 Å². The van der Waals surface area contributed by atoms with Gasteiger partial charge in [-0.3, -0.25) is 4.99 Å². The van der Waals surface area contributed by atoms with Crippen LogP contribution in [0.5, 0.6) is 0 Å². The van der Waals surface area contributed by atoms with Crippen LogP contribution in [0.1, 0.15) is 24.5 Å². The summed E-state index contributed by atoms with van der Waals surface area (Å²) in [5.74, 6) is 0.237. The number of aryl methyl sites for hydroxylation is 1. The molecule has 0 spiro atoms. The van der Waals surface area contributed by atoms with Gasteiger partial charge < -0.3 is 0 Å². The SMILES string of the molecule is CC1=C(CCl)N=C(c2ccc(C)c(F)c2)C1. The molecule has 2 rings (SSSR count). The molecule has 0 radical (unpaired) electrons. The van der Waals surface area contributed by atoms with Gasteiger partial charge in [0.1, 0.15) is 5.82 Å². The molecule has 0 saturated carbocycles. The Labute approximate surface area is 99.7 Å². The second-order valence-electron chi connectivity index (χ2n) is 4.06. The van der Waals surface area contributed by atoms with E-state index >= 15 is 0 Å². The van der Waals surface area contributed by atoms with E-state index in [1.165, 1.54) is 5.57 Å². The van der Waals surface area contributed by atoms with Gasteiger partial charge in [0.05, 0.1) is 17.3 Å². The van der Waals surface area contributed by atoms with Crippen LogP contribution in [0, 0.1) is 12.7 Å². The average Bonchev–Trinajstić information content (AvgIpc) is 2.64. The fraction of sp³-hybridized carbons (Fsp3) is 0.308. The van der Waals surface area contributed by atoms with Gasteiger partial charge in [0.25, 0.3) is 0 Å². The van der Waals surface area contributed by atoms with E-state index in [9.17, 15) is 4.39 Å². The van der Waals surface area contributed by atoms with Gasteiger partial charge in [0.2, 0.25) is 0 Å². The highest BCUT2D eigenvalue weighted by Gasteiger charge is 2.15. The van der Waals surface area contributed by atoms with E-state index in [0.29, 0.717) is 11.4 Å². The number of rotatable bonds is 2. The summed E-state index contributed by atoms with van der Waals surface area (Å²) in [6.45, 7) is 3.77. The van der Waals surface area contributed by atoms with Crippen molar-refractivity contribution < 1.29 is 4.39 Å². The maximum absolute atomic E-state index is 13.4. The smallest absolute Gasteiger partial charge is 0.126 e. The average molecular weight is 238 g/mol. The minimum atomic E-state index is -0.183. The molecule has 1 nitrogen and oxygen atoms in total. The van der Waals surface area contributed by atoms with E-state index in [1.54, 1.807) is 19.1 Å². The third kappa shape index (κ3) is 2.03. The summed E-state index contributed by atoms with van der Waals surface area (Å²) < 4.78 is 13.4. The number of alkyl halides is 1. The molecule has 0 saturated heterocycles. The predicted octanol–water partition coefficient (Wildman–Crippen LogP) is 3.84. The monoisotopic (exact) mass is 237 g/mol. The number of benzene rings is 1. The van der Waals surface area contributed by atoms with Crippen molar-refractivity contribution in [3.63, 3.8) is 0 Å².